The Kier molecular flexibility index (Phi) is 4.67. The smallest absolute Gasteiger partial charge is 0.356 e. The summed E-state index contributed by atoms with van der Waals surface area (Å²) in [6.07, 6.45) is 0. The van der Waals surface area contributed by atoms with Crippen molar-refractivity contribution in [3.8, 4) is 22.8 Å². The maximum Gasteiger partial charge on any atom is 0.356 e. The third-order valence-corrected chi connectivity index (χ3v) is 3.31. The van der Waals surface area contributed by atoms with Gasteiger partial charge in [-0.1, -0.05) is 0 Å². The van der Waals surface area contributed by atoms with Gasteiger partial charge in [-0.05, 0) is 18.2 Å². The maximum absolute atomic E-state index is 11.1. The second kappa shape index (κ2) is 6.48. The molecule has 0 aliphatic rings. The molecule has 7 heteroatoms. The second-order valence-corrected chi connectivity index (χ2v) is 4.60. The number of carbonyl (C=O) groups is 1. The van der Waals surface area contributed by atoms with Crippen LogP contribution in [0.1, 0.15) is 16.1 Å². The molecule has 22 heavy (non-hydrogen) atoms. The number of carboxylic acid groups (broad SMARTS) is 1. The molecule has 1 N–H and O–H groups in total. The van der Waals surface area contributed by atoms with Crippen molar-refractivity contribution in [3.05, 3.63) is 29.5 Å². The van der Waals surface area contributed by atoms with Crippen molar-refractivity contribution in [2.24, 2.45) is 7.05 Å². The van der Waals surface area contributed by atoms with Gasteiger partial charge in [0.25, 0.3) is 0 Å². The SMILES string of the molecule is COCc1c(-c2cc(C(=O)O)nn2C)ccc(OC)c1OC. The minimum atomic E-state index is -1.07. The van der Waals surface area contributed by atoms with E-state index in [0.717, 1.165) is 11.1 Å². The quantitative estimate of drug-likeness (QED) is 0.878. The fourth-order valence-electron chi connectivity index (χ4n) is 2.34. The van der Waals surface area contributed by atoms with E-state index < -0.39 is 5.97 Å². The van der Waals surface area contributed by atoms with Crippen LogP contribution >= 0.6 is 0 Å². The van der Waals surface area contributed by atoms with Gasteiger partial charge in [-0.3, -0.25) is 4.68 Å². The Morgan fingerprint density at radius 2 is 2.00 bits per heavy atom. The molecule has 1 aromatic heterocycles. The zero-order valence-corrected chi connectivity index (χ0v) is 12.9. The first-order valence-electron chi connectivity index (χ1n) is 6.54. The first kappa shape index (κ1) is 15.8. The van der Waals surface area contributed by atoms with Gasteiger partial charge in [-0.2, -0.15) is 5.10 Å². The summed E-state index contributed by atoms with van der Waals surface area (Å²) < 4.78 is 17.5. The number of aryl methyl sites for hydroxylation is 1. The van der Waals surface area contributed by atoms with Gasteiger partial charge in [-0.25, -0.2) is 4.79 Å². The minimum Gasteiger partial charge on any atom is -0.493 e. The molecule has 2 rings (SSSR count). The molecule has 0 aliphatic heterocycles. The largest absolute Gasteiger partial charge is 0.493 e. The van der Waals surface area contributed by atoms with E-state index in [1.165, 1.54) is 10.7 Å². The van der Waals surface area contributed by atoms with Crippen LogP contribution in [0.4, 0.5) is 0 Å². The van der Waals surface area contributed by atoms with Crippen molar-refractivity contribution in [3.63, 3.8) is 0 Å². The lowest BCUT2D eigenvalue weighted by Crippen LogP contribution is -2.03. The summed E-state index contributed by atoms with van der Waals surface area (Å²) in [6, 6.07) is 5.11. The number of hydrogen-bond donors (Lipinski definition) is 1. The van der Waals surface area contributed by atoms with E-state index in [2.05, 4.69) is 5.10 Å². The summed E-state index contributed by atoms with van der Waals surface area (Å²) in [5.74, 6) is 0.0643. The van der Waals surface area contributed by atoms with Gasteiger partial charge >= 0.3 is 5.97 Å². The van der Waals surface area contributed by atoms with Crippen molar-refractivity contribution >= 4 is 5.97 Å². The van der Waals surface area contributed by atoms with Crippen LogP contribution in [0, 0.1) is 0 Å². The van der Waals surface area contributed by atoms with Crippen molar-refractivity contribution in [1.82, 2.24) is 9.78 Å². The van der Waals surface area contributed by atoms with Crippen LogP contribution in [0.25, 0.3) is 11.3 Å². The zero-order chi connectivity index (χ0) is 16.3. The van der Waals surface area contributed by atoms with Gasteiger partial charge in [0.15, 0.2) is 17.2 Å². The van der Waals surface area contributed by atoms with Crippen LogP contribution in [-0.4, -0.2) is 42.2 Å². The summed E-state index contributed by atoms with van der Waals surface area (Å²) in [5.41, 5.74) is 2.19. The van der Waals surface area contributed by atoms with Crippen molar-refractivity contribution in [2.75, 3.05) is 21.3 Å². The molecular weight excluding hydrogens is 288 g/mol. The van der Waals surface area contributed by atoms with Crippen LogP contribution in [-0.2, 0) is 18.4 Å². The number of aromatic carboxylic acids is 1. The average molecular weight is 306 g/mol. The molecule has 2 aromatic rings. The number of hydrogen-bond acceptors (Lipinski definition) is 5. The maximum atomic E-state index is 11.1. The van der Waals surface area contributed by atoms with Crippen molar-refractivity contribution in [1.29, 1.82) is 0 Å². The molecule has 1 aromatic carbocycles. The highest BCUT2D eigenvalue weighted by Crippen LogP contribution is 2.38. The monoisotopic (exact) mass is 306 g/mol. The Hall–Kier alpha value is -2.54. The third-order valence-electron chi connectivity index (χ3n) is 3.31. The van der Waals surface area contributed by atoms with Crippen LogP contribution < -0.4 is 9.47 Å². The van der Waals surface area contributed by atoms with Crippen LogP contribution in [0.5, 0.6) is 11.5 Å². The van der Waals surface area contributed by atoms with E-state index >= 15 is 0 Å². The van der Waals surface area contributed by atoms with E-state index in [1.807, 2.05) is 6.07 Å². The molecule has 0 unspecified atom stereocenters. The predicted molar refractivity (Wildman–Crippen MR) is 79.4 cm³/mol. The fraction of sp³-hybridized carbons (Fsp3) is 0.333. The van der Waals surface area contributed by atoms with Crippen LogP contribution in [0.3, 0.4) is 0 Å². The number of carboxylic acids is 1. The highest BCUT2D eigenvalue weighted by molar-refractivity contribution is 5.87. The van der Waals surface area contributed by atoms with Gasteiger partial charge in [-0.15, -0.1) is 0 Å². The molecule has 0 saturated heterocycles. The topological polar surface area (TPSA) is 82.8 Å². The lowest BCUT2D eigenvalue weighted by atomic mass is 10.0. The number of methoxy groups -OCH3 is 3. The number of nitrogens with zero attached hydrogens (tertiary/aromatic N) is 2. The molecule has 1 heterocycles. The molecule has 0 fully saturated rings. The van der Waals surface area contributed by atoms with E-state index in [4.69, 9.17) is 19.3 Å². The lowest BCUT2D eigenvalue weighted by Gasteiger charge is -2.16. The van der Waals surface area contributed by atoms with E-state index in [-0.39, 0.29) is 5.69 Å². The summed E-state index contributed by atoms with van der Waals surface area (Å²) in [7, 11) is 6.37. The van der Waals surface area contributed by atoms with Gasteiger partial charge < -0.3 is 19.3 Å². The fourth-order valence-corrected chi connectivity index (χ4v) is 2.34. The Labute approximate surface area is 128 Å². The third kappa shape index (κ3) is 2.75. The molecule has 0 radical (unpaired) electrons. The second-order valence-electron chi connectivity index (χ2n) is 4.60. The number of rotatable bonds is 6. The molecule has 0 saturated carbocycles. The Morgan fingerprint density at radius 3 is 2.50 bits per heavy atom. The molecule has 7 nitrogen and oxygen atoms in total. The number of ether oxygens (including phenoxy) is 3. The van der Waals surface area contributed by atoms with Gasteiger partial charge in [0.05, 0.1) is 26.5 Å². The minimum absolute atomic E-state index is 0.0179. The molecule has 0 amide bonds. The van der Waals surface area contributed by atoms with Crippen molar-refractivity contribution in [2.45, 2.75) is 6.61 Å². The Morgan fingerprint density at radius 1 is 1.27 bits per heavy atom. The predicted octanol–water partition coefficient (Wildman–Crippen LogP) is 1.95. The Bertz CT molecular complexity index is 693. The van der Waals surface area contributed by atoms with Gasteiger partial charge in [0, 0.05) is 25.3 Å². The highest BCUT2D eigenvalue weighted by atomic mass is 16.5. The first-order chi connectivity index (χ1) is 10.5. The van der Waals surface area contributed by atoms with Gasteiger partial charge in [0.2, 0.25) is 0 Å². The average Bonchev–Trinajstić information content (AvgIpc) is 2.89. The highest BCUT2D eigenvalue weighted by Gasteiger charge is 2.20. The summed E-state index contributed by atoms with van der Waals surface area (Å²) in [4.78, 5) is 11.1. The number of aromatic nitrogens is 2. The molecule has 0 bridgehead atoms. The standard InChI is InChI=1S/C15H18N2O5/c1-17-12(7-11(16-17)15(18)19)9-5-6-13(21-3)14(22-4)10(9)8-20-2/h5-7H,8H2,1-4H3,(H,18,19). The van der Waals surface area contributed by atoms with Crippen molar-refractivity contribution < 1.29 is 24.1 Å². The summed E-state index contributed by atoms with van der Waals surface area (Å²) >= 11 is 0. The molecule has 118 valence electrons. The van der Waals surface area contributed by atoms with E-state index in [0.29, 0.717) is 23.8 Å². The zero-order valence-electron chi connectivity index (χ0n) is 12.9. The molecule has 0 spiro atoms. The molecule has 0 atom stereocenters. The van der Waals surface area contributed by atoms with E-state index in [1.54, 1.807) is 34.4 Å². The lowest BCUT2D eigenvalue weighted by molar-refractivity contribution is 0.0689. The van der Waals surface area contributed by atoms with Crippen LogP contribution in [0.15, 0.2) is 18.2 Å². The normalized spacial score (nSPS) is 10.5. The first-order valence-corrected chi connectivity index (χ1v) is 6.54. The molecular formula is C15H18N2O5. The van der Waals surface area contributed by atoms with Gasteiger partial charge in [0.1, 0.15) is 0 Å². The summed E-state index contributed by atoms with van der Waals surface area (Å²) in [5, 5.41) is 13.1. The molecule has 0 aliphatic carbocycles. The van der Waals surface area contributed by atoms with Crippen LogP contribution in [0.2, 0.25) is 0 Å². The summed E-state index contributed by atoms with van der Waals surface area (Å²) in [6.45, 7) is 0.295. The number of benzene rings is 1. The Balaban J connectivity index is 2.66. The van der Waals surface area contributed by atoms with E-state index in [9.17, 15) is 4.79 Å².